The standard InChI is InChI=1S/C27H25N3O2/c1-3-29-22-7-5-4-6-20(22)21-13-18(10-11-23(21)29)26-28-25-16(2)12-19(27(31)32)14-24(25)30(26)15-17-8-9-17/h4-7,10-14,17H,3,8-9,15H2,1-2H3,(H,31,32). The van der Waals surface area contributed by atoms with Crippen molar-refractivity contribution in [3.05, 3.63) is 65.7 Å². The predicted molar refractivity (Wildman–Crippen MR) is 128 cm³/mol. The molecule has 5 aromatic rings. The Kier molecular flexibility index (Phi) is 4.15. The summed E-state index contributed by atoms with van der Waals surface area (Å²) in [5, 5.41) is 12.1. The third kappa shape index (κ3) is 2.84. The van der Waals surface area contributed by atoms with Gasteiger partial charge in [-0.1, -0.05) is 18.2 Å². The first-order valence-electron chi connectivity index (χ1n) is 11.3. The molecule has 3 aromatic carbocycles. The van der Waals surface area contributed by atoms with Crippen molar-refractivity contribution in [2.75, 3.05) is 0 Å². The number of hydrogen-bond donors (Lipinski definition) is 1. The topological polar surface area (TPSA) is 60.1 Å². The molecule has 0 spiro atoms. The quantitative estimate of drug-likeness (QED) is 0.364. The van der Waals surface area contributed by atoms with Crippen LogP contribution < -0.4 is 0 Å². The van der Waals surface area contributed by atoms with Crippen LogP contribution in [0, 0.1) is 12.8 Å². The van der Waals surface area contributed by atoms with Crippen LogP contribution in [-0.4, -0.2) is 25.2 Å². The minimum atomic E-state index is -0.899. The minimum absolute atomic E-state index is 0.319. The van der Waals surface area contributed by atoms with Gasteiger partial charge in [-0.2, -0.15) is 0 Å². The molecule has 0 amide bonds. The zero-order chi connectivity index (χ0) is 22.0. The van der Waals surface area contributed by atoms with Gasteiger partial charge in [-0.25, -0.2) is 9.78 Å². The third-order valence-electron chi connectivity index (χ3n) is 6.78. The van der Waals surface area contributed by atoms with Crippen molar-refractivity contribution in [3.8, 4) is 11.4 Å². The molecule has 5 heteroatoms. The minimum Gasteiger partial charge on any atom is -0.478 e. The van der Waals surface area contributed by atoms with Gasteiger partial charge in [0.25, 0.3) is 0 Å². The fraction of sp³-hybridized carbons (Fsp3) is 0.259. The number of aromatic nitrogens is 3. The van der Waals surface area contributed by atoms with E-state index in [-0.39, 0.29) is 0 Å². The summed E-state index contributed by atoms with van der Waals surface area (Å²) in [5.41, 5.74) is 6.58. The Labute approximate surface area is 185 Å². The van der Waals surface area contributed by atoms with Crippen LogP contribution in [0.25, 0.3) is 44.2 Å². The van der Waals surface area contributed by atoms with Gasteiger partial charge in [0.1, 0.15) is 5.82 Å². The average molecular weight is 424 g/mol. The van der Waals surface area contributed by atoms with E-state index in [1.807, 2.05) is 6.92 Å². The summed E-state index contributed by atoms with van der Waals surface area (Å²) in [4.78, 5) is 16.7. The van der Waals surface area contributed by atoms with E-state index in [4.69, 9.17) is 4.98 Å². The Bertz CT molecular complexity index is 1540. The molecule has 1 aliphatic carbocycles. The van der Waals surface area contributed by atoms with Crippen molar-refractivity contribution in [1.29, 1.82) is 0 Å². The van der Waals surface area contributed by atoms with E-state index in [0.29, 0.717) is 11.5 Å². The Hall–Kier alpha value is -3.60. The van der Waals surface area contributed by atoms with Crippen LogP contribution in [-0.2, 0) is 13.1 Å². The van der Waals surface area contributed by atoms with E-state index in [9.17, 15) is 9.90 Å². The second-order valence-electron chi connectivity index (χ2n) is 8.95. The molecular weight excluding hydrogens is 398 g/mol. The normalized spacial score (nSPS) is 14.1. The van der Waals surface area contributed by atoms with E-state index in [2.05, 4.69) is 58.5 Å². The van der Waals surface area contributed by atoms with Gasteiger partial charge in [0, 0.05) is 40.5 Å². The highest BCUT2D eigenvalue weighted by Crippen LogP contribution is 2.37. The van der Waals surface area contributed by atoms with Crippen molar-refractivity contribution in [2.45, 2.75) is 39.8 Å². The molecule has 1 N–H and O–H groups in total. The Morgan fingerprint density at radius 3 is 2.53 bits per heavy atom. The van der Waals surface area contributed by atoms with E-state index >= 15 is 0 Å². The Morgan fingerprint density at radius 2 is 1.78 bits per heavy atom. The molecular formula is C27H25N3O2. The van der Waals surface area contributed by atoms with Gasteiger partial charge in [-0.05, 0) is 74.6 Å². The van der Waals surface area contributed by atoms with Crippen LogP contribution in [0.2, 0.25) is 0 Å². The second-order valence-corrected chi connectivity index (χ2v) is 8.95. The maximum atomic E-state index is 11.7. The molecule has 1 aliphatic rings. The van der Waals surface area contributed by atoms with Crippen LogP contribution in [0.4, 0.5) is 0 Å². The molecule has 32 heavy (non-hydrogen) atoms. The van der Waals surface area contributed by atoms with Crippen LogP contribution in [0.15, 0.2) is 54.6 Å². The second kappa shape index (κ2) is 6.95. The first kappa shape index (κ1) is 19.1. The number of hydrogen-bond acceptors (Lipinski definition) is 2. The maximum Gasteiger partial charge on any atom is 0.335 e. The Balaban J connectivity index is 1.62. The maximum absolute atomic E-state index is 11.7. The average Bonchev–Trinajstić information content (AvgIpc) is 3.46. The molecule has 6 rings (SSSR count). The molecule has 160 valence electrons. The lowest BCUT2D eigenvalue weighted by Gasteiger charge is -2.10. The number of benzene rings is 3. The summed E-state index contributed by atoms with van der Waals surface area (Å²) in [6.45, 7) is 5.92. The summed E-state index contributed by atoms with van der Waals surface area (Å²) >= 11 is 0. The SMILES string of the molecule is CCn1c2ccccc2c2cc(-c3nc4c(C)cc(C(=O)O)cc4n3CC3CC3)ccc21. The summed E-state index contributed by atoms with van der Waals surface area (Å²) in [6, 6.07) is 18.7. The Morgan fingerprint density at radius 1 is 1.00 bits per heavy atom. The van der Waals surface area contributed by atoms with Gasteiger partial charge in [-0.3, -0.25) is 0 Å². The number of aryl methyl sites for hydroxylation is 2. The van der Waals surface area contributed by atoms with Gasteiger partial charge in [0.2, 0.25) is 0 Å². The molecule has 0 atom stereocenters. The van der Waals surface area contributed by atoms with Crippen LogP contribution in [0.5, 0.6) is 0 Å². The lowest BCUT2D eigenvalue weighted by Crippen LogP contribution is -2.04. The first-order valence-corrected chi connectivity index (χ1v) is 11.3. The zero-order valence-electron chi connectivity index (χ0n) is 18.3. The van der Waals surface area contributed by atoms with Gasteiger partial charge >= 0.3 is 5.97 Å². The van der Waals surface area contributed by atoms with Crippen molar-refractivity contribution in [3.63, 3.8) is 0 Å². The van der Waals surface area contributed by atoms with Gasteiger partial charge in [-0.15, -0.1) is 0 Å². The molecule has 1 saturated carbocycles. The molecule has 0 bridgehead atoms. The number of nitrogens with zero attached hydrogens (tertiary/aromatic N) is 3. The predicted octanol–water partition coefficient (Wildman–Crippen LogP) is 6.25. The number of carboxylic acids is 1. The van der Waals surface area contributed by atoms with E-state index < -0.39 is 5.97 Å². The molecule has 0 saturated heterocycles. The number of rotatable bonds is 5. The smallest absolute Gasteiger partial charge is 0.335 e. The van der Waals surface area contributed by atoms with Crippen LogP contribution >= 0.6 is 0 Å². The summed E-state index contributed by atoms with van der Waals surface area (Å²) in [5.74, 6) is 0.669. The van der Waals surface area contributed by atoms with Crippen molar-refractivity contribution >= 4 is 38.8 Å². The number of aromatic carboxylic acids is 1. The number of imidazole rings is 1. The summed E-state index contributed by atoms with van der Waals surface area (Å²) < 4.78 is 4.59. The van der Waals surface area contributed by atoms with E-state index in [1.165, 1.54) is 34.6 Å². The van der Waals surface area contributed by atoms with Crippen molar-refractivity contribution < 1.29 is 9.90 Å². The third-order valence-corrected chi connectivity index (χ3v) is 6.78. The van der Waals surface area contributed by atoms with Gasteiger partial charge < -0.3 is 14.2 Å². The van der Waals surface area contributed by atoms with Gasteiger partial charge in [0.05, 0.1) is 16.6 Å². The highest BCUT2D eigenvalue weighted by molar-refractivity contribution is 6.09. The lowest BCUT2D eigenvalue weighted by atomic mass is 10.1. The lowest BCUT2D eigenvalue weighted by molar-refractivity contribution is 0.0697. The molecule has 0 unspecified atom stereocenters. The largest absolute Gasteiger partial charge is 0.478 e. The molecule has 0 radical (unpaired) electrons. The van der Waals surface area contributed by atoms with Crippen LogP contribution in [0.3, 0.4) is 0 Å². The number of carboxylic acid groups (broad SMARTS) is 1. The highest BCUT2D eigenvalue weighted by Gasteiger charge is 2.26. The molecule has 2 aromatic heterocycles. The molecule has 5 nitrogen and oxygen atoms in total. The van der Waals surface area contributed by atoms with Crippen molar-refractivity contribution in [1.82, 2.24) is 14.1 Å². The van der Waals surface area contributed by atoms with Gasteiger partial charge in [0.15, 0.2) is 0 Å². The summed E-state index contributed by atoms with van der Waals surface area (Å²) in [7, 11) is 0. The fourth-order valence-corrected chi connectivity index (χ4v) is 5.01. The zero-order valence-corrected chi connectivity index (χ0v) is 18.3. The molecule has 2 heterocycles. The molecule has 0 aliphatic heterocycles. The van der Waals surface area contributed by atoms with E-state index in [1.54, 1.807) is 12.1 Å². The fourth-order valence-electron chi connectivity index (χ4n) is 5.01. The summed E-state index contributed by atoms with van der Waals surface area (Å²) in [6.07, 6.45) is 2.44. The number of para-hydroxylation sites is 1. The van der Waals surface area contributed by atoms with E-state index in [0.717, 1.165) is 41.1 Å². The van der Waals surface area contributed by atoms with Crippen molar-refractivity contribution in [2.24, 2.45) is 5.92 Å². The van der Waals surface area contributed by atoms with Crippen LogP contribution in [0.1, 0.15) is 35.7 Å². The number of fused-ring (bicyclic) bond motifs is 4. The highest BCUT2D eigenvalue weighted by atomic mass is 16.4. The number of carbonyl (C=O) groups is 1. The molecule has 1 fully saturated rings. The first-order chi connectivity index (χ1) is 15.5. The monoisotopic (exact) mass is 423 g/mol.